The Bertz CT molecular complexity index is 450. The number of hydrogen-bond donors (Lipinski definition) is 1. The van der Waals surface area contributed by atoms with Crippen molar-refractivity contribution in [2.75, 3.05) is 43.4 Å². The van der Waals surface area contributed by atoms with Crippen LogP contribution in [0.2, 0.25) is 5.28 Å². The molecule has 0 unspecified atom stereocenters. The summed E-state index contributed by atoms with van der Waals surface area (Å²) in [5, 5.41) is 3.31. The van der Waals surface area contributed by atoms with Crippen LogP contribution < -0.4 is 10.2 Å². The minimum absolute atomic E-state index is 0.0930. The van der Waals surface area contributed by atoms with E-state index in [9.17, 15) is 0 Å². The van der Waals surface area contributed by atoms with Crippen LogP contribution in [0.1, 0.15) is 20.8 Å². The van der Waals surface area contributed by atoms with Gasteiger partial charge in [0.05, 0.1) is 0 Å². The van der Waals surface area contributed by atoms with Crippen molar-refractivity contribution in [1.82, 2.24) is 19.9 Å². The van der Waals surface area contributed by atoms with Gasteiger partial charge in [-0.25, -0.2) is 0 Å². The second-order valence-corrected chi connectivity index (χ2v) is 5.75. The molecule has 0 amide bonds. The molecule has 0 atom stereocenters. The Morgan fingerprint density at radius 2 is 2.00 bits per heavy atom. The molecule has 7 heteroatoms. The summed E-state index contributed by atoms with van der Waals surface area (Å²) >= 11 is 5.97. The van der Waals surface area contributed by atoms with Gasteiger partial charge in [0.2, 0.25) is 17.2 Å². The van der Waals surface area contributed by atoms with Gasteiger partial charge in [0.25, 0.3) is 0 Å². The molecule has 0 saturated carbocycles. The van der Waals surface area contributed by atoms with E-state index < -0.39 is 0 Å². The molecular formula is C12H21ClN6. The van der Waals surface area contributed by atoms with Crippen LogP contribution in [0.5, 0.6) is 0 Å². The lowest BCUT2D eigenvalue weighted by molar-refractivity contribution is 0.138. The molecule has 1 aliphatic rings. The first-order valence-electron chi connectivity index (χ1n) is 6.54. The van der Waals surface area contributed by atoms with Crippen molar-refractivity contribution in [2.24, 2.45) is 0 Å². The Morgan fingerprint density at radius 1 is 1.26 bits per heavy atom. The summed E-state index contributed by atoms with van der Waals surface area (Å²) in [6.45, 7) is 9.93. The summed E-state index contributed by atoms with van der Waals surface area (Å²) in [6.07, 6.45) is 0. The van der Waals surface area contributed by atoms with Gasteiger partial charge in [-0.15, -0.1) is 0 Å². The van der Waals surface area contributed by atoms with Crippen LogP contribution in [0, 0.1) is 0 Å². The van der Waals surface area contributed by atoms with Crippen molar-refractivity contribution in [3.8, 4) is 0 Å². The van der Waals surface area contributed by atoms with Gasteiger partial charge in [-0.1, -0.05) is 0 Å². The summed E-state index contributed by atoms with van der Waals surface area (Å²) in [4.78, 5) is 17.2. The predicted octanol–water partition coefficient (Wildman–Crippen LogP) is 1.49. The fraction of sp³-hybridized carbons (Fsp3) is 0.750. The molecule has 0 radical (unpaired) electrons. The second kappa shape index (κ2) is 5.46. The molecule has 1 saturated heterocycles. The summed E-state index contributed by atoms with van der Waals surface area (Å²) in [5.41, 5.74) is 0.0930. The largest absolute Gasteiger partial charge is 0.354 e. The highest BCUT2D eigenvalue weighted by molar-refractivity contribution is 6.28. The third-order valence-corrected chi connectivity index (χ3v) is 3.70. The number of likely N-dealkylation sites (N-methyl/N-ethyl adjacent to an activating group) is 1. The molecule has 1 fully saturated rings. The van der Waals surface area contributed by atoms with Crippen LogP contribution >= 0.6 is 11.6 Å². The maximum atomic E-state index is 5.97. The minimum Gasteiger partial charge on any atom is -0.354 e. The molecule has 1 aliphatic heterocycles. The first-order valence-corrected chi connectivity index (χ1v) is 6.92. The van der Waals surface area contributed by atoms with E-state index in [0.29, 0.717) is 11.9 Å². The van der Waals surface area contributed by atoms with Crippen LogP contribution in [0.4, 0.5) is 11.9 Å². The van der Waals surface area contributed by atoms with E-state index in [-0.39, 0.29) is 10.8 Å². The number of nitrogens with zero attached hydrogens (tertiary/aromatic N) is 5. The van der Waals surface area contributed by atoms with Crippen molar-refractivity contribution in [1.29, 1.82) is 0 Å². The Morgan fingerprint density at radius 3 is 2.63 bits per heavy atom. The molecule has 106 valence electrons. The van der Waals surface area contributed by atoms with E-state index in [0.717, 1.165) is 26.2 Å². The Balaban J connectivity index is 2.22. The van der Waals surface area contributed by atoms with E-state index in [1.165, 1.54) is 0 Å². The standard InChI is InChI=1S/C12H21ClN6/c1-5-14-10-15-9(13)16-11(17-10)19-7-6-18(4)12(2,3)8-19/h5-8H2,1-4H3,(H,14,15,16,17). The highest BCUT2D eigenvalue weighted by Gasteiger charge is 2.32. The zero-order chi connectivity index (χ0) is 14.0. The zero-order valence-corrected chi connectivity index (χ0v) is 12.7. The average molecular weight is 285 g/mol. The quantitative estimate of drug-likeness (QED) is 0.907. The molecule has 19 heavy (non-hydrogen) atoms. The fourth-order valence-electron chi connectivity index (χ4n) is 2.13. The van der Waals surface area contributed by atoms with E-state index in [1.807, 2.05) is 6.92 Å². The molecule has 0 spiro atoms. The molecule has 2 rings (SSSR count). The summed E-state index contributed by atoms with van der Waals surface area (Å²) < 4.78 is 0. The van der Waals surface area contributed by atoms with Crippen LogP contribution in [0.3, 0.4) is 0 Å². The zero-order valence-electron chi connectivity index (χ0n) is 11.9. The number of aromatic nitrogens is 3. The molecule has 1 N–H and O–H groups in total. The van der Waals surface area contributed by atoms with E-state index >= 15 is 0 Å². The number of nitrogens with one attached hydrogen (secondary N) is 1. The summed E-state index contributed by atoms with van der Waals surface area (Å²) in [7, 11) is 2.14. The van der Waals surface area contributed by atoms with Crippen LogP contribution in [-0.4, -0.2) is 58.6 Å². The Kier molecular flexibility index (Phi) is 4.10. The lowest BCUT2D eigenvalue weighted by Gasteiger charge is -2.45. The minimum atomic E-state index is 0.0930. The van der Waals surface area contributed by atoms with Crippen molar-refractivity contribution in [3.63, 3.8) is 0 Å². The summed E-state index contributed by atoms with van der Waals surface area (Å²) in [5.74, 6) is 1.19. The number of piperazine rings is 1. The second-order valence-electron chi connectivity index (χ2n) is 5.41. The maximum Gasteiger partial charge on any atom is 0.231 e. The smallest absolute Gasteiger partial charge is 0.231 e. The molecule has 2 heterocycles. The highest BCUT2D eigenvalue weighted by atomic mass is 35.5. The molecule has 0 aromatic carbocycles. The van der Waals surface area contributed by atoms with Gasteiger partial charge in [-0.3, -0.25) is 4.90 Å². The SMILES string of the molecule is CCNc1nc(Cl)nc(N2CCN(C)C(C)(C)C2)n1. The first-order chi connectivity index (χ1) is 8.92. The molecule has 0 bridgehead atoms. The molecule has 0 aliphatic carbocycles. The third-order valence-electron chi connectivity index (χ3n) is 3.53. The fourth-order valence-corrected chi connectivity index (χ4v) is 2.28. The normalized spacial score (nSPS) is 19.5. The third kappa shape index (κ3) is 3.25. The first kappa shape index (κ1) is 14.3. The van der Waals surface area contributed by atoms with Gasteiger partial charge < -0.3 is 10.2 Å². The molecule has 1 aromatic rings. The van der Waals surface area contributed by atoms with Gasteiger partial charge in [0.1, 0.15) is 0 Å². The Labute approximate surface area is 119 Å². The highest BCUT2D eigenvalue weighted by Crippen LogP contribution is 2.23. The lowest BCUT2D eigenvalue weighted by Crippen LogP contribution is -2.58. The monoisotopic (exact) mass is 284 g/mol. The van der Waals surface area contributed by atoms with Crippen molar-refractivity contribution in [2.45, 2.75) is 26.3 Å². The number of anilines is 2. The van der Waals surface area contributed by atoms with E-state index in [2.05, 4.69) is 51.0 Å². The number of hydrogen-bond acceptors (Lipinski definition) is 6. The summed E-state index contributed by atoms with van der Waals surface area (Å²) in [6, 6.07) is 0. The average Bonchev–Trinajstić information content (AvgIpc) is 2.32. The predicted molar refractivity (Wildman–Crippen MR) is 77.9 cm³/mol. The van der Waals surface area contributed by atoms with Crippen LogP contribution in [0.15, 0.2) is 0 Å². The van der Waals surface area contributed by atoms with Gasteiger partial charge >= 0.3 is 0 Å². The number of halogens is 1. The molecular weight excluding hydrogens is 264 g/mol. The van der Waals surface area contributed by atoms with Gasteiger partial charge in [-0.2, -0.15) is 15.0 Å². The van der Waals surface area contributed by atoms with Crippen LogP contribution in [0.25, 0.3) is 0 Å². The maximum absolute atomic E-state index is 5.97. The van der Waals surface area contributed by atoms with Crippen molar-refractivity contribution >= 4 is 23.5 Å². The molecule has 6 nitrogen and oxygen atoms in total. The topological polar surface area (TPSA) is 57.2 Å². The van der Waals surface area contributed by atoms with Crippen LogP contribution in [-0.2, 0) is 0 Å². The van der Waals surface area contributed by atoms with E-state index in [4.69, 9.17) is 11.6 Å². The van der Waals surface area contributed by atoms with E-state index in [1.54, 1.807) is 0 Å². The number of rotatable bonds is 3. The molecule has 1 aromatic heterocycles. The van der Waals surface area contributed by atoms with Gasteiger partial charge in [-0.05, 0) is 39.4 Å². The lowest BCUT2D eigenvalue weighted by atomic mass is 10.0. The van der Waals surface area contributed by atoms with Gasteiger partial charge in [0.15, 0.2) is 0 Å². The van der Waals surface area contributed by atoms with Crippen molar-refractivity contribution in [3.05, 3.63) is 5.28 Å². The van der Waals surface area contributed by atoms with Gasteiger partial charge in [0, 0.05) is 31.7 Å². The Hall–Kier alpha value is -1.14. The van der Waals surface area contributed by atoms with Crippen molar-refractivity contribution < 1.29 is 0 Å².